The second-order valence-electron chi connectivity index (χ2n) is 6.97. The third kappa shape index (κ3) is 5.32. The lowest BCUT2D eigenvalue weighted by atomic mass is 10.0. The fraction of sp³-hybridized carbons (Fsp3) is 0.364. The van der Waals surface area contributed by atoms with E-state index in [0.717, 1.165) is 34.3 Å². The van der Waals surface area contributed by atoms with Gasteiger partial charge >= 0.3 is 0 Å². The first-order chi connectivity index (χ1) is 15.0. The lowest BCUT2D eigenvalue weighted by molar-refractivity contribution is 0.100. The van der Waals surface area contributed by atoms with Crippen molar-refractivity contribution < 1.29 is 4.79 Å². The number of ketones is 1. The molecule has 3 heterocycles. The number of carbonyl (C=O) groups excluding carboxylic acids is 1. The molecule has 0 radical (unpaired) electrons. The highest BCUT2D eigenvalue weighted by Gasteiger charge is 2.19. The summed E-state index contributed by atoms with van der Waals surface area (Å²) in [6, 6.07) is 4.21. The van der Waals surface area contributed by atoms with Crippen LogP contribution in [0.3, 0.4) is 0 Å². The summed E-state index contributed by atoms with van der Waals surface area (Å²) in [7, 11) is 1.93. The third-order valence-electron chi connectivity index (χ3n) is 4.78. The van der Waals surface area contributed by atoms with Crippen LogP contribution in [0.4, 0.5) is 0 Å². The zero-order chi connectivity index (χ0) is 22.4. The van der Waals surface area contributed by atoms with Gasteiger partial charge in [-0.1, -0.05) is 25.1 Å². The van der Waals surface area contributed by atoms with Crippen molar-refractivity contribution in [3.05, 3.63) is 41.9 Å². The minimum absolute atomic E-state index is 0.168. The first-order valence-electron chi connectivity index (χ1n) is 9.94. The van der Waals surface area contributed by atoms with E-state index in [1.165, 1.54) is 13.3 Å². The van der Waals surface area contributed by atoms with Gasteiger partial charge in [0.05, 0.1) is 23.1 Å². The summed E-state index contributed by atoms with van der Waals surface area (Å²) in [5.41, 5.74) is 3.50. The van der Waals surface area contributed by atoms with E-state index in [0.29, 0.717) is 21.8 Å². The quantitative estimate of drug-likeness (QED) is 0.196. The summed E-state index contributed by atoms with van der Waals surface area (Å²) in [5.74, 6) is 1.92. The van der Waals surface area contributed by atoms with Crippen LogP contribution in [-0.4, -0.2) is 41.1 Å². The largest absolute Gasteiger partial charge is 0.331 e. The van der Waals surface area contributed by atoms with Gasteiger partial charge in [0.2, 0.25) is 0 Å². The Morgan fingerprint density at radius 2 is 1.97 bits per heavy atom. The van der Waals surface area contributed by atoms with Crippen molar-refractivity contribution in [1.29, 1.82) is 5.26 Å². The van der Waals surface area contributed by atoms with Crippen molar-refractivity contribution in [2.45, 2.75) is 38.6 Å². The Balaban J connectivity index is 2.07. The van der Waals surface area contributed by atoms with E-state index in [-0.39, 0.29) is 11.6 Å². The summed E-state index contributed by atoms with van der Waals surface area (Å²) in [6.45, 7) is 5.53. The lowest BCUT2D eigenvalue weighted by Gasteiger charge is -2.13. The number of hydrogen-bond donors (Lipinski definition) is 0. The van der Waals surface area contributed by atoms with E-state index >= 15 is 0 Å². The fourth-order valence-electron chi connectivity index (χ4n) is 2.88. The number of Topliss-reactive ketones (excluding diaryl/α,β-unsaturated/α-hetero) is 1. The van der Waals surface area contributed by atoms with E-state index in [9.17, 15) is 10.1 Å². The minimum Gasteiger partial charge on any atom is -0.331 e. The van der Waals surface area contributed by atoms with Crippen molar-refractivity contribution in [3.63, 3.8) is 0 Å². The van der Waals surface area contributed by atoms with Crippen LogP contribution in [0.15, 0.2) is 29.7 Å². The van der Waals surface area contributed by atoms with E-state index in [1.54, 1.807) is 30.4 Å². The van der Waals surface area contributed by atoms with Gasteiger partial charge in [0, 0.05) is 42.6 Å². The Morgan fingerprint density at radius 3 is 2.55 bits per heavy atom. The van der Waals surface area contributed by atoms with Crippen LogP contribution in [0.1, 0.15) is 48.7 Å². The summed E-state index contributed by atoms with van der Waals surface area (Å²) in [4.78, 5) is 29.0. The van der Waals surface area contributed by atoms with Crippen molar-refractivity contribution in [1.82, 2.24) is 24.5 Å². The Morgan fingerprint density at radius 1 is 1.23 bits per heavy atom. The summed E-state index contributed by atoms with van der Waals surface area (Å²) < 4.78 is 1.96. The first-order valence-corrected chi connectivity index (χ1v) is 12.1. The zero-order valence-corrected chi connectivity index (χ0v) is 19.7. The highest BCUT2D eigenvalue weighted by atomic mass is 32.2. The molecule has 3 rings (SSSR count). The van der Waals surface area contributed by atoms with Crippen LogP contribution >= 0.6 is 23.5 Å². The molecule has 7 nitrogen and oxygen atoms in total. The second-order valence-corrected chi connectivity index (χ2v) is 9.41. The smallest absolute Gasteiger partial charge is 0.196 e. The van der Waals surface area contributed by atoms with Gasteiger partial charge in [0.1, 0.15) is 16.9 Å². The van der Waals surface area contributed by atoms with Gasteiger partial charge in [0.25, 0.3) is 0 Å². The molecule has 0 saturated carbocycles. The molecule has 0 aliphatic rings. The number of aryl methyl sites for hydroxylation is 1. The Bertz CT molecular complexity index is 1120. The van der Waals surface area contributed by atoms with Crippen molar-refractivity contribution in [2.75, 3.05) is 10.8 Å². The highest BCUT2D eigenvalue weighted by Crippen LogP contribution is 2.35. The molecule has 0 N–H and O–H groups in total. The molecule has 0 amide bonds. The van der Waals surface area contributed by atoms with Crippen LogP contribution < -0.4 is 0 Å². The average molecular weight is 453 g/mol. The molecule has 31 heavy (non-hydrogen) atoms. The Hall–Kier alpha value is -2.70. The number of imidazole rings is 1. The number of aromatic nitrogens is 5. The van der Waals surface area contributed by atoms with Crippen LogP contribution in [0, 0.1) is 18.3 Å². The number of thioether (sulfide) groups is 2. The molecule has 9 heteroatoms. The molecule has 0 aromatic carbocycles. The van der Waals surface area contributed by atoms with Gasteiger partial charge in [0.15, 0.2) is 11.6 Å². The van der Waals surface area contributed by atoms with Crippen molar-refractivity contribution in [3.8, 4) is 28.6 Å². The highest BCUT2D eigenvalue weighted by molar-refractivity contribution is 8.15. The Kier molecular flexibility index (Phi) is 7.82. The molecule has 0 saturated heterocycles. The molecule has 3 aromatic rings. The molecule has 0 fully saturated rings. The van der Waals surface area contributed by atoms with Gasteiger partial charge in [-0.2, -0.15) is 17.0 Å². The maximum Gasteiger partial charge on any atom is 0.196 e. The molecule has 0 aliphatic carbocycles. The van der Waals surface area contributed by atoms with Crippen molar-refractivity contribution in [2.24, 2.45) is 7.05 Å². The maximum atomic E-state index is 11.5. The first kappa shape index (κ1) is 23.0. The molecule has 0 unspecified atom stereocenters. The summed E-state index contributed by atoms with van der Waals surface area (Å²) >= 11 is 3.41. The monoisotopic (exact) mass is 452 g/mol. The normalized spacial score (nSPS) is 10.8. The minimum atomic E-state index is -0.189. The SMILES string of the molecule is CCCCSCSc1nc(-c2cnc(C(C)=O)nc2)cc(-c2cnc(C)n2C)c1C#N. The molecule has 0 spiro atoms. The number of rotatable bonds is 9. The third-order valence-corrected chi connectivity index (χ3v) is 7.06. The molecule has 0 aliphatic heterocycles. The van der Waals surface area contributed by atoms with Gasteiger partial charge in [-0.15, -0.1) is 0 Å². The molecule has 0 atom stereocenters. The van der Waals surface area contributed by atoms with Gasteiger partial charge in [-0.05, 0) is 25.2 Å². The molecular formula is C22H24N6OS2. The molecule has 160 valence electrons. The number of hydrogen-bond acceptors (Lipinski definition) is 8. The number of nitrogens with zero attached hydrogens (tertiary/aromatic N) is 6. The predicted molar refractivity (Wildman–Crippen MR) is 125 cm³/mol. The van der Waals surface area contributed by atoms with Crippen LogP contribution in [0.25, 0.3) is 22.5 Å². The van der Waals surface area contributed by atoms with Crippen LogP contribution in [0.5, 0.6) is 0 Å². The second kappa shape index (κ2) is 10.6. The van der Waals surface area contributed by atoms with E-state index in [4.69, 9.17) is 4.98 Å². The number of nitriles is 1. The molecule has 0 bridgehead atoms. The van der Waals surface area contributed by atoms with E-state index < -0.39 is 0 Å². The summed E-state index contributed by atoms with van der Waals surface area (Å²) in [6.07, 6.45) is 7.30. The fourth-order valence-corrected chi connectivity index (χ4v) is 5.09. The molecule has 3 aromatic heterocycles. The standard InChI is InChI=1S/C22H24N6OS2/c1-5-6-7-30-13-31-22-18(9-23)17(20-12-24-15(3)28(20)4)8-19(27-22)16-10-25-21(14(2)29)26-11-16/h8,10-12H,5-7,13H2,1-4H3. The van der Waals surface area contributed by atoms with E-state index in [1.807, 2.05) is 36.4 Å². The average Bonchev–Trinajstić information content (AvgIpc) is 3.11. The zero-order valence-electron chi connectivity index (χ0n) is 18.0. The maximum absolute atomic E-state index is 11.5. The molecular weight excluding hydrogens is 428 g/mol. The summed E-state index contributed by atoms with van der Waals surface area (Å²) in [5, 5.41) is 11.4. The van der Waals surface area contributed by atoms with Crippen LogP contribution in [0.2, 0.25) is 0 Å². The number of unbranched alkanes of at least 4 members (excludes halogenated alkanes) is 1. The Labute approximate surface area is 190 Å². The van der Waals surface area contributed by atoms with Gasteiger partial charge in [-0.25, -0.2) is 19.9 Å². The van der Waals surface area contributed by atoms with Gasteiger partial charge < -0.3 is 4.57 Å². The van der Waals surface area contributed by atoms with Crippen molar-refractivity contribution >= 4 is 29.3 Å². The number of carbonyl (C=O) groups is 1. The number of pyridine rings is 1. The predicted octanol–water partition coefficient (Wildman–Crippen LogP) is 4.90. The van der Waals surface area contributed by atoms with Crippen LogP contribution in [-0.2, 0) is 7.05 Å². The topological polar surface area (TPSA) is 97.3 Å². The lowest BCUT2D eigenvalue weighted by Crippen LogP contribution is -2.02. The van der Waals surface area contributed by atoms with E-state index in [2.05, 4.69) is 27.9 Å². The van der Waals surface area contributed by atoms with Gasteiger partial charge in [-0.3, -0.25) is 4.79 Å².